The molecule has 0 atom stereocenters. The Morgan fingerprint density at radius 1 is 0.938 bits per heavy atom. The third-order valence-electron chi connectivity index (χ3n) is 2.56. The van der Waals surface area contributed by atoms with Gasteiger partial charge in [-0.15, -0.1) is 0 Å². The molecule has 0 saturated heterocycles. The van der Waals surface area contributed by atoms with Crippen molar-refractivity contribution in [3.05, 3.63) is 54.6 Å². The van der Waals surface area contributed by atoms with E-state index in [0.717, 1.165) is 11.1 Å². The van der Waals surface area contributed by atoms with Crippen molar-refractivity contribution < 1.29 is 9.85 Å². The van der Waals surface area contributed by atoms with Crippen LogP contribution in [-0.2, 0) is 0 Å². The number of nitro groups is 2. The van der Waals surface area contributed by atoms with Gasteiger partial charge in [-0.25, -0.2) is 0 Å². The maximum absolute atomic E-state index is 10.7. The zero-order valence-corrected chi connectivity index (χ0v) is 9.26. The van der Waals surface area contributed by atoms with Gasteiger partial charge < -0.3 is 0 Å². The number of hydrogen-bond acceptors (Lipinski definition) is 4. The van der Waals surface area contributed by atoms with Crippen LogP contribution in [0.5, 0.6) is 0 Å². The molecule has 1 rings (SSSR count). The summed E-state index contributed by atoms with van der Waals surface area (Å²) in [6.07, 6.45) is -1.88. The molecule has 0 aliphatic heterocycles. The van der Waals surface area contributed by atoms with E-state index in [-0.39, 0.29) is 5.56 Å². The monoisotopic (exact) mass is 224 g/mol. The SMILES string of the molecule is Cc1cc(C)c(C([N+](=O)[O-])[N+](=O)[O-])cc1C. The summed E-state index contributed by atoms with van der Waals surface area (Å²) in [4.78, 5) is 19.6. The summed E-state index contributed by atoms with van der Waals surface area (Å²) >= 11 is 0. The van der Waals surface area contributed by atoms with Crippen LogP contribution in [0, 0.1) is 41.0 Å². The fourth-order valence-electron chi connectivity index (χ4n) is 1.57. The minimum Gasteiger partial charge on any atom is -0.258 e. The highest BCUT2D eigenvalue weighted by Crippen LogP contribution is 2.24. The van der Waals surface area contributed by atoms with E-state index in [9.17, 15) is 20.2 Å². The van der Waals surface area contributed by atoms with Gasteiger partial charge in [0.15, 0.2) is 0 Å². The van der Waals surface area contributed by atoms with E-state index >= 15 is 0 Å². The van der Waals surface area contributed by atoms with E-state index in [1.165, 1.54) is 6.07 Å². The Labute approximate surface area is 92.2 Å². The molecule has 1 aromatic carbocycles. The zero-order chi connectivity index (χ0) is 12.5. The molecule has 0 spiro atoms. The first-order chi connectivity index (χ1) is 7.34. The third-order valence-corrected chi connectivity index (χ3v) is 2.56. The maximum atomic E-state index is 10.7. The van der Waals surface area contributed by atoms with E-state index in [1.807, 2.05) is 6.92 Å². The van der Waals surface area contributed by atoms with Crippen LogP contribution in [0.4, 0.5) is 0 Å². The molecule has 0 heterocycles. The third kappa shape index (κ3) is 2.16. The van der Waals surface area contributed by atoms with Gasteiger partial charge in [-0.3, -0.25) is 20.2 Å². The van der Waals surface area contributed by atoms with Crippen LogP contribution in [0.2, 0.25) is 0 Å². The van der Waals surface area contributed by atoms with Crippen LogP contribution >= 0.6 is 0 Å². The zero-order valence-electron chi connectivity index (χ0n) is 9.26. The van der Waals surface area contributed by atoms with Crippen LogP contribution < -0.4 is 0 Å². The van der Waals surface area contributed by atoms with E-state index < -0.39 is 16.0 Å². The Morgan fingerprint density at radius 2 is 1.38 bits per heavy atom. The van der Waals surface area contributed by atoms with Gasteiger partial charge in [0.05, 0.1) is 0 Å². The van der Waals surface area contributed by atoms with Crippen LogP contribution in [0.3, 0.4) is 0 Å². The second-order valence-corrected chi connectivity index (χ2v) is 3.74. The molecule has 0 aliphatic rings. The first kappa shape index (κ1) is 12.1. The summed E-state index contributed by atoms with van der Waals surface area (Å²) in [6, 6.07) is 3.24. The summed E-state index contributed by atoms with van der Waals surface area (Å²) in [5.41, 5.74) is 2.50. The Hall–Kier alpha value is -1.98. The summed E-state index contributed by atoms with van der Waals surface area (Å²) in [6.45, 7) is 5.27. The topological polar surface area (TPSA) is 86.3 Å². The van der Waals surface area contributed by atoms with E-state index in [1.54, 1.807) is 19.9 Å². The molecule has 0 N–H and O–H groups in total. The first-order valence-electron chi connectivity index (χ1n) is 4.69. The van der Waals surface area contributed by atoms with Crippen molar-refractivity contribution in [1.82, 2.24) is 0 Å². The second-order valence-electron chi connectivity index (χ2n) is 3.74. The van der Waals surface area contributed by atoms with Crippen LogP contribution in [0.1, 0.15) is 28.4 Å². The molecule has 0 unspecified atom stereocenters. The molecule has 0 bridgehead atoms. The summed E-state index contributed by atoms with van der Waals surface area (Å²) < 4.78 is 0. The van der Waals surface area contributed by atoms with E-state index in [0.29, 0.717) is 5.56 Å². The molecule has 0 aromatic heterocycles. The van der Waals surface area contributed by atoms with Crippen molar-refractivity contribution >= 4 is 0 Å². The predicted octanol–water partition coefficient (Wildman–Crippen LogP) is 2.16. The standard InChI is InChI=1S/C10H12N2O4/c1-6-4-8(3)9(5-7(6)2)10(11(13)14)12(15)16/h4-5,10H,1-3H3. The number of hydrogen-bond donors (Lipinski definition) is 0. The van der Waals surface area contributed by atoms with Gasteiger partial charge in [0, 0.05) is 0 Å². The second kappa shape index (κ2) is 4.26. The van der Waals surface area contributed by atoms with Crippen molar-refractivity contribution in [2.45, 2.75) is 26.9 Å². The highest BCUT2D eigenvalue weighted by molar-refractivity contribution is 5.36. The number of benzene rings is 1. The fourth-order valence-corrected chi connectivity index (χ4v) is 1.57. The lowest BCUT2D eigenvalue weighted by molar-refractivity contribution is -0.752. The van der Waals surface area contributed by atoms with Gasteiger partial charge in [0.2, 0.25) is 0 Å². The fraction of sp³-hybridized carbons (Fsp3) is 0.400. The van der Waals surface area contributed by atoms with E-state index in [4.69, 9.17) is 0 Å². The Kier molecular flexibility index (Phi) is 3.22. The summed E-state index contributed by atoms with van der Waals surface area (Å²) in [5.74, 6) is 0. The summed E-state index contributed by atoms with van der Waals surface area (Å²) in [7, 11) is 0. The lowest BCUT2D eigenvalue weighted by atomic mass is 9.99. The minimum atomic E-state index is -1.88. The van der Waals surface area contributed by atoms with Crippen LogP contribution in [0.25, 0.3) is 0 Å². The van der Waals surface area contributed by atoms with Gasteiger partial charge in [0.1, 0.15) is 15.4 Å². The maximum Gasteiger partial charge on any atom is 0.476 e. The van der Waals surface area contributed by atoms with Crippen molar-refractivity contribution in [1.29, 1.82) is 0 Å². The molecule has 1 aromatic rings. The molecule has 16 heavy (non-hydrogen) atoms. The molecule has 0 saturated carbocycles. The Morgan fingerprint density at radius 3 is 1.81 bits per heavy atom. The normalized spacial score (nSPS) is 10.5. The quantitative estimate of drug-likeness (QED) is 0.447. The highest BCUT2D eigenvalue weighted by atomic mass is 16.7. The van der Waals surface area contributed by atoms with Crippen molar-refractivity contribution in [2.75, 3.05) is 0 Å². The molecule has 0 radical (unpaired) electrons. The molecule has 6 nitrogen and oxygen atoms in total. The minimum absolute atomic E-state index is 0.151. The van der Waals surface area contributed by atoms with Gasteiger partial charge in [0.25, 0.3) is 0 Å². The summed E-state index contributed by atoms with van der Waals surface area (Å²) in [5, 5.41) is 21.3. The number of nitrogens with zero attached hydrogens (tertiary/aromatic N) is 2. The average molecular weight is 224 g/mol. The Balaban J connectivity index is 3.35. The predicted molar refractivity (Wildman–Crippen MR) is 57.4 cm³/mol. The van der Waals surface area contributed by atoms with Gasteiger partial charge in [-0.2, -0.15) is 0 Å². The molecule has 6 heteroatoms. The average Bonchev–Trinajstić information content (AvgIpc) is 2.12. The molecule has 0 aliphatic carbocycles. The largest absolute Gasteiger partial charge is 0.476 e. The van der Waals surface area contributed by atoms with Gasteiger partial charge >= 0.3 is 6.17 Å². The lowest BCUT2D eigenvalue weighted by Gasteiger charge is -2.08. The van der Waals surface area contributed by atoms with Crippen molar-refractivity contribution in [2.24, 2.45) is 0 Å². The number of rotatable bonds is 3. The van der Waals surface area contributed by atoms with Gasteiger partial charge in [-0.05, 0) is 43.5 Å². The molecule has 86 valence electrons. The van der Waals surface area contributed by atoms with Crippen LogP contribution in [0.15, 0.2) is 12.1 Å². The highest BCUT2D eigenvalue weighted by Gasteiger charge is 2.36. The smallest absolute Gasteiger partial charge is 0.258 e. The number of aryl methyl sites for hydroxylation is 3. The van der Waals surface area contributed by atoms with E-state index in [2.05, 4.69) is 0 Å². The molecule has 0 fully saturated rings. The molecular formula is C10H12N2O4. The van der Waals surface area contributed by atoms with Crippen molar-refractivity contribution in [3.63, 3.8) is 0 Å². The van der Waals surface area contributed by atoms with Crippen LogP contribution in [-0.4, -0.2) is 9.85 Å². The van der Waals surface area contributed by atoms with Gasteiger partial charge in [-0.1, -0.05) is 6.07 Å². The van der Waals surface area contributed by atoms with Crippen molar-refractivity contribution in [3.8, 4) is 0 Å². The first-order valence-corrected chi connectivity index (χ1v) is 4.69. The molecule has 0 amide bonds. The molecular weight excluding hydrogens is 212 g/mol. The lowest BCUT2D eigenvalue weighted by Crippen LogP contribution is -2.20. The Bertz CT molecular complexity index is 442.